The molecule has 0 spiro atoms. The average molecular weight is 454 g/mol. The van der Waals surface area contributed by atoms with Crippen LogP contribution in [0.2, 0.25) is 0 Å². The molecule has 0 N–H and O–H groups in total. The number of fused-ring (bicyclic) bond motifs is 1. The topological polar surface area (TPSA) is 54.9 Å². The molecule has 1 aliphatic heterocycles. The summed E-state index contributed by atoms with van der Waals surface area (Å²) in [4.78, 5) is 22.8. The van der Waals surface area contributed by atoms with Crippen molar-refractivity contribution in [1.29, 1.82) is 0 Å². The Labute approximate surface area is 199 Å². The van der Waals surface area contributed by atoms with E-state index in [1.54, 1.807) is 14.2 Å². The highest BCUT2D eigenvalue weighted by Gasteiger charge is 2.24. The fourth-order valence-corrected chi connectivity index (χ4v) is 4.41. The van der Waals surface area contributed by atoms with Crippen molar-refractivity contribution in [2.24, 2.45) is 0 Å². The summed E-state index contributed by atoms with van der Waals surface area (Å²) >= 11 is 0. The number of hydrogen-bond donors (Lipinski definition) is 0. The van der Waals surface area contributed by atoms with Gasteiger partial charge in [-0.05, 0) is 48.5 Å². The van der Waals surface area contributed by atoms with Crippen LogP contribution in [0.3, 0.4) is 0 Å². The monoisotopic (exact) mass is 453 g/mol. The minimum atomic E-state index is 0.0390. The summed E-state index contributed by atoms with van der Waals surface area (Å²) in [5, 5.41) is 0.872. The van der Waals surface area contributed by atoms with Gasteiger partial charge in [-0.2, -0.15) is 0 Å². The molecule has 6 heteroatoms. The van der Waals surface area contributed by atoms with E-state index in [4.69, 9.17) is 14.5 Å². The number of pyridine rings is 1. The van der Waals surface area contributed by atoms with Crippen molar-refractivity contribution in [2.75, 3.05) is 45.3 Å². The molecule has 0 aliphatic carbocycles. The highest BCUT2D eigenvalue weighted by molar-refractivity contribution is 6.07. The summed E-state index contributed by atoms with van der Waals surface area (Å²) in [6.07, 6.45) is 0. The summed E-state index contributed by atoms with van der Waals surface area (Å²) in [6, 6.07) is 25.6. The standard InChI is InChI=1S/C28H27N3O3/c1-33-22-12-10-21(11-13-22)30-14-16-31(17-15-30)28(32)25-19-27(20-6-5-7-23(18-20)34-2)29-26-9-4-3-8-24(25)26/h3-13,18-19H,14-17H2,1-2H3. The van der Waals surface area contributed by atoms with Crippen LogP contribution in [0.4, 0.5) is 5.69 Å². The Morgan fingerprint density at radius 3 is 2.26 bits per heavy atom. The lowest BCUT2D eigenvalue weighted by Gasteiger charge is -2.36. The van der Waals surface area contributed by atoms with Gasteiger partial charge < -0.3 is 19.3 Å². The molecule has 1 aromatic heterocycles. The number of carbonyl (C=O) groups excluding carboxylic acids is 1. The van der Waals surface area contributed by atoms with E-state index < -0.39 is 0 Å². The lowest BCUT2D eigenvalue weighted by atomic mass is 10.0. The van der Waals surface area contributed by atoms with E-state index in [-0.39, 0.29) is 5.91 Å². The molecule has 6 nitrogen and oxygen atoms in total. The molecular formula is C28H27N3O3. The van der Waals surface area contributed by atoms with Crippen molar-refractivity contribution in [1.82, 2.24) is 9.88 Å². The molecule has 172 valence electrons. The van der Waals surface area contributed by atoms with Crippen molar-refractivity contribution in [2.45, 2.75) is 0 Å². The SMILES string of the molecule is COc1ccc(N2CCN(C(=O)c3cc(-c4cccc(OC)c4)nc4ccccc34)CC2)cc1. The molecule has 34 heavy (non-hydrogen) atoms. The second-order valence-electron chi connectivity index (χ2n) is 8.28. The maximum atomic E-state index is 13.7. The molecule has 0 unspecified atom stereocenters. The van der Waals surface area contributed by atoms with Gasteiger partial charge in [0.2, 0.25) is 0 Å². The molecule has 1 fully saturated rings. The van der Waals surface area contributed by atoms with Crippen LogP contribution in [-0.4, -0.2) is 56.2 Å². The van der Waals surface area contributed by atoms with E-state index in [2.05, 4.69) is 17.0 Å². The number of aromatic nitrogens is 1. The van der Waals surface area contributed by atoms with Crippen molar-refractivity contribution in [3.63, 3.8) is 0 Å². The van der Waals surface area contributed by atoms with Gasteiger partial charge in [0.05, 0.1) is 31.0 Å². The molecule has 1 saturated heterocycles. The number of methoxy groups -OCH3 is 2. The zero-order chi connectivity index (χ0) is 23.5. The van der Waals surface area contributed by atoms with Crippen LogP contribution in [0.1, 0.15) is 10.4 Å². The molecule has 0 saturated carbocycles. The van der Waals surface area contributed by atoms with Gasteiger partial charge >= 0.3 is 0 Å². The van der Waals surface area contributed by atoms with E-state index in [1.807, 2.05) is 71.6 Å². The first-order chi connectivity index (χ1) is 16.7. The summed E-state index contributed by atoms with van der Waals surface area (Å²) < 4.78 is 10.6. The van der Waals surface area contributed by atoms with Gasteiger partial charge in [-0.25, -0.2) is 4.98 Å². The highest BCUT2D eigenvalue weighted by Crippen LogP contribution is 2.28. The van der Waals surface area contributed by atoms with Crippen LogP contribution in [0.5, 0.6) is 11.5 Å². The first-order valence-corrected chi connectivity index (χ1v) is 11.4. The number of rotatable bonds is 5. The van der Waals surface area contributed by atoms with Crippen LogP contribution in [0.15, 0.2) is 78.9 Å². The minimum absolute atomic E-state index is 0.0390. The van der Waals surface area contributed by atoms with Crippen molar-refractivity contribution in [3.8, 4) is 22.8 Å². The number of carbonyl (C=O) groups is 1. The van der Waals surface area contributed by atoms with Gasteiger partial charge in [0.25, 0.3) is 5.91 Å². The third-order valence-corrected chi connectivity index (χ3v) is 6.32. The number of piperazine rings is 1. The Morgan fingerprint density at radius 1 is 0.794 bits per heavy atom. The Kier molecular flexibility index (Phi) is 6.04. The van der Waals surface area contributed by atoms with Gasteiger partial charge in [0, 0.05) is 42.8 Å². The predicted octanol–water partition coefficient (Wildman–Crippen LogP) is 4.88. The fraction of sp³-hybridized carbons (Fsp3) is 0.214. The first kappa shape index (κ1) is 21.8. The van der Waals surface area contributed by atoms with E-state index in [0.29, 0.717) is 18.7 Å². The molecule has 2 heterocycles. The smallest absolute Gasteiger partial charge is 0.254 e. The van der Waals surface area contributed by atoms with Crippen LogP contribution in [0, 0.1) is 0 Å². The second-order valence-corrected chi connectivity index (χ2v) is 8.28. The van der Waals surface area contributed by atoms with Crippen LogP contribution in [-0.2, 0) is 0 Å². The van der Waals surface area contributed by atoms with Gasteiger partial charge in [0.15, 0.2) is 0 Å². The van der Waals surface area contributed by atoms with Gasteiger partial charge in [-0.1, -0.05) is 30.3 Å². The molecule has 1 amide bonds. The summed E-state index contributed by atoms with van der Waals surface area (Å²) in [7, 11) is 3.31. The predicted molar refractivity (Wildman–Crippen MR) is 135 cm³/mol. The third kappa shape index (κ3) is 4.27. The maximum Gasteiger partial charge on any atom is 0.254 e. The van der Waals surface area contributed by atoms with E-state index >= 15 is 0 Å². The summed E-state index contributed by atoms with van der Waals surface area (Å²) in [5.41, 5.74) is 4.31. The Balaban J connectivity index is 1.41. The molecule has 0 bridgehead atoms. The second kappa shape index (κ2) is 9.43. The van der Waals surface area contributed by atoms with E-state index in [1.165, 1.54) is 0 Å². The lowest BCUT2D eigenvalue weighted by molar-refractivity contribution is 0.0748. The Morgan fingerprint density at radius 2 is 1.53 bits per heavy atom. The zero-order valence-corrected chi connectivity index (χ0v) is 19.4. The fourth-order valence-electron chi connectivity index (χ4n) is 4.41. The zero-order valence-electron chi connectivity index (χ0n) is 19.4. The molecular weight excluding hydrogens is 426 g/mol. The molecule has 4 aromatic rings. The molecule has 3 aromatic carbocycles. The number of nitrogens with zero attached hydrogens (tertiary/aromatic N) is 3. The maximum absolute atomic E-state index is 13.7. The van der Waals surface area contributed by atoms with Crippen LogP contribution in [0.25, 0.3) is 22.2 Å². The molecule has 1 aliphatic rings. The first-order valence-electron chi connectivity index (χ1n) is 11.4. The highest BCUT2D eigenvalue weighted by atomic mass is 16.5. The number of anilines is 1. The van der Waals surface area contributed by atoms with Crippen molar-refractivity contribution >= 4 is 22.5 Å². The van der Waals surface area contributed by atoms with Crippen LogP contribution < -0.4 is 14.4 Å². The number of hydrogen-bond acceptors (Lipinski definition) is 5. The largest absolute Gasteiger partial charge is 0.497 e. The lowest BCUT2D eigenvalue weighted by Crippen LogP contribution is -2.48. The summed E-state index contributed by atoms with van der Waals surface area (Å²) in [6.45, 7) is 2.89. The third-order valence-electron chi connectivity index (χ3n) is 6.32. The molecule has 0 radical (unpaired) electrons. The Hall–Kier alpha value is -4.06. The van der Waals surface area contributed by atoms with Crippen molar-refractivity contribution < 1.29 is 14.3 Å². The Bertz CT molecular complexity index is 1310. The van der Waals surface area contributed by atoms with Gasteiger partial charge in [0.1, 0.15) is 11.5 Å². The molecule has 5 rings (SSSR count). The van der Waals surface area contributed by atoms with Gasteiger partial charge in [-0.3, -0.25) is 4.79 Å². The molecule has 0 atom stereocenters. The minimum Gasteiger partial charge on any atom is -0.497 e. The van der Waals surface area contributed by atoms with Gasteiger partial charge in [-0.15, -0.1) is 0 Å². The summed E-state index contributed by atoms with van der Waals surface area (Å²) in [5.74, 6) is 1.64. The van der Waals surface area contributed by atoms with E-state index in [9.17, 15) is 4.79 Å². The number of benzene rings is 3. The average Bonchev–Trinajstić information content (AvgIpc) is 2.92. The normalized spacial score (nSPS) is 13.7. The quantitative estimate of drug-likeness (QED) is 0.431. The van der Waals surface area contributed by atoms with Crippen LogP contribution >= 0.6 is 0 Å². The van der Waals surface area contributed by atoms with Crippen molar-refractivity contribution in [3.05, 3.63) is 84.4 Å². The van der Waals surface area contributed by atoms with E-state index in [0.717, 1.165) is 52.4 Å². The number of para-hydroxylation sites is 1. The number of ether oxygens (including phenoxy) is 2. The number of amides is 1.